The van der Waals surface area contributed by atoms with Crippen molar-refractivity contribution in [2.75, 3.05) is 0 Å². The Morgan fingerprint density at radius 3 is 2.81 bits per heavy atom. The van der Waals surface area contributed by atoms with Gasteiger partial charge in [0.25, 0.3) is 5.91 Å². The largest absolute Gasteiger partial charge is 0.481 e. The average Bonchev–Trinajstić information content (AvgIpc) is 2.91. The summed E-state index contributed by atoms with van der Waals surface area (Å²) in [6.45, 7) is 0. The van der Waals surface area contributed by atoms with Gasteiger partial charge in [0.1, 0.15) is 5.69 Å². The van der Waals surface area contributed by atoms with Crippen LogP contribution in [-0.4, -0.2) is 28.0 Å². The van der Waals surface area contributed by atoms with Gasteiger partial charge in [0.05, 0.1) is 5.92 Å². The van der Waals surface area contributed by atoms with Gasteiger partial charge in [-0.05, 0) is 31.4 Å². The molecule has 1 aromatic heterocycles. The van der Waals surface area contributed by atoms with Crippen molar-refractivity contribution in [2.24, 2.45) is 5.92 Å². The predicted octanol–water partition coefficient (Wildman–Crippen LogP) is 2.54. The number of carbonyl (C=O) groups is 2. The van der Waals surface area contributed by atoms with E-state index in [1.54, 1.807) is 0 Å². The second kappa shape index (κ2) is 5.60. The molecule has 5 heteroatoms. The summed E-state index contributed by atoms with van der Waals surface area (Å²) in [5, 5.41) is 13.0. The molecule has 1 aliphatic rings. The van der Waals surface area contributed by atoms with Crippen molar-refractivity contribution < 1.29 is 14.7 Å². The fourth-order valence-corrected chi connectivity index (χ4v) is 3.00. The second-order valence-corrected chi connectivity index (χ2v) is 5.64. The van der Waals surface area contributed by atoms with Crippen LogP contribution in [-0.2, 0) is 4.79 Å². The topological polar surface area (TPSA) is 82.2 Å². The van der Waals surface area contributed by atoms with E-state index in [0.717, 1.165) is 23.7 Å². The molecule has 0 spiro atoms. The van der Waals surface area contributed by atoms with E-state index >= 15 is 0 Å². The van der Waals surface area contributed by atoms with Crippen molar-refractivity contribution in [1.82, 2.24) is 10.3 Å². The summed E-state index contributed by atoms with van der Waals surface area (Å²) in [7, 11) is 0. The number of para-hydroxylation sites is 1. The molecule has 2 unspecified atom stereocenters. The Bertz CT molecular complexity index is 644. The molecule has 3 rings (SSSR count). The van der Waals surface area contributed by atoms with Crippen molar-refractivity contribution in [3.8, 4) is 0 Å². The van der Waals surface area contributed by atoms with E-state index in [-0.39, 0.29) is 17.9 Å². The highest BCUT2D eigenvalue weighted by Gasteiger charge is 2.28. The fourth-order valence-electron chi connectivity index (χ4n) is 3.00. The Balaban J connectivity index is 1.69. The lowest BCUT2D eigenvalue weighted by Crippen LogP contribution is -2.40. The number of aliphatic carboxylic acids is 1. The van der Waals surface area contributed by atoms with Crippen molar-refractivity contribution >= 4 is 22.8 Å². The van der Waals surface area contributed by atoms with E-state index < -0.39 is 5.97 Å². The molecule has 2 atom stereocenters. The van der Waals surface area contributed by atoms with Crippen molar-refractivity contribution in [3.05, 3.63) is 36.0 Å². The summed E-state index contributed by atoms with van der Waals surface area (Å²) in [5.41, 5.74) is 1.45. The van der Waals surface area contributed by atoms with Gasteiger partial charge in [-0.1, -0.05) is 24.6 Å². The van der Waals surface area contributed by atoms with E-state index in [9.17, 15) is 9.59 Å². The molecule has 1 aromatic carbocycles. The number of hydrogen-bond donors (Lipinski definition) is 3. The van der Waals surface area contributed by atoms with Crippen LogP contribution in [0, 0.1) is 5.92 Å². The molecule has 110 valence electrons. The van der Waals surface area contributed by atoms with Crippen LogP contribution in [0.15, 0.2) is 30.3 Å². The summed E-state index contributed by atoms with van der Waals surface area (Å²) >= 11 is 0. The van der Waals surface area contributed by atoms with Crippen LogP contribution in [0.25, 0.3) is 10.9 Å². The Kier molecular flexibility index (Phi) is 3.64. The number of aromatic nitrogens is 1. The van der Waals surface area contributed by atoms with Crippen molar-refractivity contribution in [1.29, 1.82) is 0 Å². The number of amides is 1. The van der Waals surface area contributed by atoms with Gasteiger partial charge in [-0.25, -0.2) is 0 Å². The Morgan fingerprint density at radius 1 is 1.24 bits per heavy atom. The van der Waals surface area contributed by atoms with E-state index in [1.165, 1.54) is 0 Å². The molecular formula is C16H18N2O3. The first kappa shape index (κ1) is 13.7. The minimum atomic E-state index is -0.764. The third kappa shape index (κ3) is 2.91. The van der Waals surface area contributed by atoms with Crippen molar-refractivity contribution in [2.45, 2.75) is 31.7 Å². The van der Waals surface area contributed by atoms with E-state index in [1.807, 2.05) is 30.3 Å². The Morgan fingerprint density at radius 2 is 2.05 bits per heavy atom. The van der Waals surface area contributed by atoms with Crippen LogP contribution >= 0.6 is 0 Å². The van der Waals surface area contributed by atoms with Gasteiger partial charge in [0.15, 0.2) is 0 Å². The first-order valence-electron chi connectivity index (χ1n) is 7.25. The summed E-state index contributed by atoms with van der Waals surface area (Å²) in [5.74, 6) is -1.27. The molecule has 0 saturated heterocycles. The highest BCUT2D eigenvalue weighted by atomic mass is 16.4. The van der Waals surface area contributed by atoms with Gasteiger partial charge < -0.3 is 15.4 Å². The standard InChI is InChI=1S/C16H18N2O3/c19-15(14-9-10-4-1-2-7-13(10)18-14)17-12-6-3-5-11(8-12)16(20)21/h1-2,4,7,9,11-12,18H,3,5-6,8H2,(H,17,19)(H,20,21). The van der Waals surface area contributed by atoms with Gasteiger partial charge >= 0.3 is 5.97 Å². The van der Waals surface area contributed by atoms with Crippen LogP contribution in [0.2, 0.25) is 0 Å². The quantitative estimate of drug-likeness (QED) is 0.811. The van der Waals surface area contributed by atoms with Gasteiger partial charge in [0, 0.05) is 16.9 Å². The maximum absolute atomic E-state index is 12.3. The minimum absolute atomic E-state index is 0.0567. The summed E-state index contributed by atoms with van der Waals surface area (Å²) < 4.78 is 0. The van der Waals surface area contributed by atoms with Gasteiger partial charge in [-0.2, -0.15) is 0 Å². The van der Waals surface area contributed by atoms with Gasteiger partial charge in [-0.3, -0.25) is 9.59 Å². The summed E-state index contributed by atoms with van der Waals surface area (Å²) in [4.78, 5) is 26.4. The number of hydrogen-bond acceptors (Lipinski definition) is 2. The van der Waals surface area contributed by atoms with Crippen LogP contribution < -0.4 is 5.32 Å². The molecule has 1 saturated carbocycles. The SMILES string of the molecule is O=C(NC1CCCC(C(=O)O)C1)c1cc2ccccc2[nH]1. The van der Waals surface area contributed by atoms with E-state index in [4.69, 9.17) is 5.11 Å². The van der Waals surface area contributed by atoms with Gasteiger partial charge in [-0.15, -0.1) is 0 Å². The number of benzene rings is 1. The average molecular weight is 286 g/mol. The maximum atomic E-state index is 12.3. The summed E-state index contributed by atoms with van der Waals surface area (Å²) in [6.07, 6.45) is 2.90. The highest BCUT2D eigenvalue weighted by molar-refractivity contribution is 5.98. The monoisotopic (exact) mass is 286 g/mol. The predicted molar refractivity (Wildman–Crippen MR) is 79.1 cm³/mol. The number of carboxylic acid groups (broad SMARTS) is 1. The molecule has 5 nitrogen and oxygen atoms in total. The summed E-state index contributed by atoms with van der Waals surface area (Å²) in [6, 6.07) is 9.48. The van der Waals surface area contributed by atoms with E-state index in [0.29, 0.717) is 18.5 Å². The van der Waals surface area contributed by atoms with Crippen LogP contribution in [0.4, 0.5) is 0 Å². The van der Waals surface area contributed by atoms with Crippen molar-refractivity contribution in [3.63, 3.8) is 0 Å². The number of rotatable bonds is 3. The Labute approximate surface area is 122 Å². The lowest BCUT2D eigenvalue weighted by Gasteiger charge is -2.27. The smallest absolute Gasteiger partial charge is 0.306 e. The highest BCUT2D eigenvalue weighted by Crippen LogP contribution is 2.25. The number of nitrogens with one attached hydrogen (secondary N) is 2. The first-order chi connectivity index (χ1) is 10.1. The third-order valence-electron chi connectivity index (χ3n) is 4.13. The molecule has 1 fully saturated rings. The molecule has 0 bridgehead atoms. The molecule has 0 radical (unpaired) electrons. The normalized spacial score (nSPS) is 22.1. The molecule has 21 heavy (non-hydrogen) atoms. The van der Waals surface area contributed by atoms with Crippen LogP contribution in [0.1, 0.15) is 36.2 Å². The lowest BCUT2D eigenvalue weighted by atomic mass is 9.86. The number of aromatic amines is 1. The molecule has 0 aliphatic heterocycles. The fraction of sp³-hybridized carbons (Fsp3) is 0.375. The second-order valence-electron chi connectivity index (χ2n) is 5.64. The number of H-pyrrole nitrogens is 1. The lowest BCUT2D eigenvalue weighted by molar-refractivity contribution is -0.143. The zero-order chi connectivity index (χ0) is 14.8. The third-order valence-corrected chi connectivity index (χ3v) is 4.13. The molecule has 1 amide bonds. The minimum Gasteiger partial charge on any atom is -0.481 e. The van der Waals surface area contributed by atoms with E-state index in [2.05, 4.69) is 10.3 Å². The molecular weight excluding hydrogens is 268 g/mol. The molecule has 1 heterocycles. The number of carboxylic acids is 1. The first-order valence-corrected chi connectivity index (χ1v) is 7.25. The molecule has 3 N–H and O–H groups in total. The molecule has 2 aromatic rings. The van der Waals surface area contributed by atoms with Crippen LogP contribution in [0.5, 0.6) is 0 Å². The number of carbonyl (C=O) groups excluding carboxylic acids is 1. The van der Waals surface area contributed by atoms with Crippen LogP contribution in [0.3, 0.4) is 0 Å². The number of fused-ring (bicyclic) bond motifs is 1. The van der Waals surface area contributed by atoms with Gasteiger partial charge in [0.2, 0.25) is 0 Å². The molecule has 1 aliphatic carbocycles. The maximum Gasteiger partial charge on any atom is 0.306 e. The zero-order valence-electron chi connectivity index (χ0n) is 11.6. The zero-order valence-corrected chi connectivity index (χ0v) is 11.6. The Hall–Kier alpha value is -2.30.